The summed E-state index contributed by atoms with van der Waals surface area (Å²) in [4.78, 5) is 63.7. The second-order valence-electron chi connectivity index (χ2n) is 15.1. The van der Waals surface area contributed by atoms with Gasteiger partial charge in [0.15, 0.2) is 0 Å². The molecular formula is C40H41F7N10O4S. The molecule has 2 aromatic carbocycles. The van der Waals surface area contributed by atoms with Crippen LogP contribution >= 0.6 is 11.9 Å². The second-order valence-corrected chi connectivity index (χ2v) is 16.3. The third kappa shape index (κ3) is 10.4. The number of alkyl halides is 6. The minimum atomic E-state index is -4.85. The average Bonchev–Trinajstić information content (AvgIpc) is 3.78. The van der Waals surface area contributed by atoms with Crippen molar-refractivity contribution < 1.29 is 49.9 Å². The minimum Gasteiger partial charge on any atom is -0.367 e. The van der Waals surface area contributed by atoms with Crippen LogP contribution in [-0.2, 0) is 28.9 Å². The number of fused-ring (bicyclic) bond motifs is 1. The highest BCUT2D eigenvalue weighted by Crippen LogP contribution is 2.37. The number of piperazine rings is 1. The predicted octanol–water partition coefficient (Wildman–Crippen LogP) is 5.66. The molecule has 7 rings (SSSR count). The molecule has 330 valence electrons. The summed E-state index contributed by atoms with van der Waals surface area (Å²) in [6.45, 7) is 2.53. The Morgan fingerprint density at radius 3 is 2.34 bits per heavy atom. The van der Waals surface area contributed by atoms with Gasteiger partial charge in [-0.2, -0.15) is 31.4 Å². The van der Waals surface area contributed by atoms with Gasteiger partial charge in [0, 0.05) is 88.2 Å². The number of carbonyl (C=O) groups excluding carboxylic acids is 4. The van der Waals surface area contributed by atoms with E-state index in [1.54, 1.807) is 11.9 Å². The highest BCUT2D eigenvalue weighted by Gasteiger charge is 2.42. The zero-order valence-corrected chi connectivity index (χ0v) is 34.0. The lowest BCUT2D eigenvalue weighted by Crippen LogP contribution is -2.46. The van der Waals surface area contributed by atoms with E-state index >= 15 is 4.39 Å². The fraction of sp³-hybridized carbons (Fsp3) is 0.425. The molecule has 22 heteroatoms. The summed E-state index contributed by atoms with van der Waals surface area (Å²) in [5.41, 5.74) is -0.844. The fourth-order valence-electron chi connectivity index (χ4n) is 7.64. The van der Waals surface area contributed by atoms with Crippen LogP contribution in [0.3, 0.4) is 0 Å². The van der Waals surface area contributed by atoms with Crippen molar-refractivity contribution >= 4 is 47.6 Å². The number of hydrogen-bond donors (Lipinski definition) is 2. The SMILES string of the molecule is CNC(=O)CCC(C=O)N1C(=O)c2cc(F)c(N3CCN(Cc4cccc(SN5CCC(Nc6ncc(C(F)(F)F)c(-c7cnn(CC(F)(F)F)c7)n6)CC5)c4)CC3)cc2C1=O. The van der Waals surface area contributed by atoms with Crippen molar-refractivity contribution in [1.82, 2.24) is 39.2 Å². The first kappa shape index (κ1) is 44.4. The maximum atomic E-state index is 15.5. The van der Waals surface area contributed by atoms with Crippen LogP contribution in [0, 0.1) is 5.82 Å². The van der Waals surface area contributed by atoms with Crippen LogP contribution in [0.25, 0.3) is 11.3 Å². The van der Waals surface area contributed by atoms with Gasteiger partial charge in [-0.25, -0.2) is 18.7 Å². The van der Waals surface area contributed by atoms with E-state index in [1.165, 1.54) is 13.1 Å². The first-order chi connectivity index (χ1) is 29.5. The Kier molecular flexibility index (Phi) is 13.2. The number of carbonyl (C=O) groups is 4. The first-order valence-electron chi connectivity index (χ1n) is 19.7. The van der Waals surface area contributed by atoms with E-state index < -0.39 is 53.8 Å². The highest BCUT2D eigenvalue weighted by atomic mass is 32.2. The molecule has 3 aliphatic heterocycles. The number of nitrogens with zero attached hydrogens (tertiary/aromatic N) is 8. The largest absolute Gasteiger partial charge is 0.419 e. The lowest BCUT2D eigenvalue weighted by Gasteiger charge is -2.36. The molecule has 2 saturated heterocycles. The zero-order chi connectivity index (χ0) is 44.3. The van der Waals surface area contributed by atoms with Crippen molar-refractivity contribution in [3.63, 3.8) is 0 Å². The van der Waals surface area contributed by atoms with Gasteiger partial charge in [0.1, 0.15) is 24.2 Å². The number of rotatable bonds is 14. The van der Waals surface area contributed by atoms with Crippen molar-refractivity contribution in [2.45, 2.75) is 68.1 Å². The van der Waals surface area contributed by atoms with Crippen molar-refractivity contribution in [2.75, 3.05) is 56.5 Å². The molecule has 0 spiro atoms. The normalized spacial score (nSPS) is 17.4. The molecule has 1 atom stereocenters. The van der Waals surface area contributed by atoms with E-state index in [0.717, 1.165) is 33.8 Å². The van der Waals surface area contributed by atoms with Gasteiger partial charge in [0.25, 0.3) is 11.8 Å². The Morgan fingerprint density at radius 1 is 0.968 bits per heavy atom. The fourth-order valence-corrected chi connectivity index (χ4v) is 8.67. The molecule has 3 aliphatic rings. The third-order valence-corrected chi connectivity index (χ3v) is 11.9. The van der Waals surface area contributed by atoms with Crippen LogP contribution in [0.1, 0.15) is 57.5 Å². The monoisotopic (exact) mass is 890 g/mol. The summed E-state index contributed by atoms with van der Waals surface area (Å²) in [5.74, 6) is -2.57. The predicted molar refractivity (Wildman–Crippen MR) is 212 cm³/mol. The quantitative estimate of drug-likeness (QED) is 0.0698. The smallest absolute Gasteiger partial charge is 0.367 e. The first-order valence-corrected chi connectivity index (χ1v) is 20.4. The van der Waals surface area contributed by atoms with Crippen LogP contribution in [0.5, 0.6) is 0 Å². The second kappa shape index (κ2) is 18.4. The van der Waals surface area contributed by atoms with E-state index in [1.807, 2.05) is 23.1 Å². The number of aldehydes is 1. The topological polar surface area (TPSA) is 149 Å². The minimum absolute atomic E-state index is 0.00952. The van der Waals surface area contributed by atoms with Crippen molar-refractivity contribution in [2.24, 2.45) is 0 Å². The van der Waals surface area contributed by atoms with Gasteiger partial charge in [0.05, 0.1) is 34.7 Å². The number of anilines is 2. The summed E-state index contributed by atoms with van der Waals surface area (Å²) >= 11 is 1.58. The number of benzene rings is 2. The number of aromatic nitrogens is 4. The Bertz CT molecular complexity index is 2310. The van der Waals surface area contributed by atoms with Gasteiger partial charge in [-0.3, -0.25) is 28.9 Å². The summed E-state index contributed by atoms with van der Waals surface area (Å²) in [6.07, 6.45) is -5.51. The summed E-state index contributed by atoms with van der Waals surface area (Å²) < 4.78 is 98.1. The number of hydrogen-bond acceptors (Lipinski definition) is 12. The number of nitrogens with one attached hydrogen (secondary N) is 2. The molecule has 62 heavy (non-hydrogen) atoms. The molecule has 0 radical (unpaired) electrons. The van der Waals surface area contributed by atoms with Gasteiger partial charge in [0.2, 0.25) is 11.9 Å². The van der Waals surface area contributed by atoms with Gasteiger partial charge in [-0.1, -0.05) is 12.1 Å². The lowest BCUT2D eigenvalue weighted by molar-refractivity contribution is -0.142. The van der Waals surface area contributed by atoms with E-state index in [-0.39, 0.29) is 53.1 Å². The maximum absolute atomic E-state index is 15.5. The number of imide groups is 1. The van der Waals surface area contributed by atoms with Crippen molar-refractivity contribution in [3.8, 4) is 11.3 Å². The van der Waals surface area contributed by atoms with Crippen LogP contribution in [0.15, 0.2) is 59.9 Å². The highest BCUT2D eigenvalue weighted by molar-refractivity contribution is 7.97. The van der Waals surface area contributed by atoms with Gasteiger partial charge >= 0.3 is 12.4 Å². The molecule has 5 heterocycles. The van der Waals surface area contributed by atoms with E-state index in [2.05, 4.69) is 41.0 Å². The molecule has 1 unspecified atom stereocenters. The van der Waals surface area contributed by atoms with Gasteiger partial charge in [-0.05, 0) is 61.0 Å². The molecule has 0 saturated carbocycles. The summed E-state index contributed by atoms with van der Waals surface area (Å²) in [7, 11) is 1.44. The molecule has 4 aromatic rings. The van der Waals surface area contributed by atoms with Crippen LogP contribution in [0.4, 0.5) is 42.4 Å². The number of halogens is 7. The Hall–Kier alpha value is -5.61. The van der Waals surface area contributed by atoms with Crippen molar-refractivity contribution in [1.29, 1.82) is 0 Å². The van der Waals surface area contributed by atoms with Gasteiger partial charge in [-0.15, -0.1) is 0 Å². The summed E-state index contributed by atoms with van der Waals surface area (Å²) in [6, 6.07) is 9.13. The molecular weight excluding hydrogens is 850 g/mol. The third-order valence-electron chi connectivity index (χ3n) is 10.8. The molecule has 2 fully saturated rings. The molecule has 3 amide bonds. The molecule has 0 aliphatic carbocycles. The Morgan fingerprint density at radius 2 is 1.68 bits per heavy atom. The Balaban J connectivity index is 0.905. The summed E-state index contributed by atoms with van der Waals surface area (Å²) in [5, 5.41) is 9.08. The van der Waals surface area contributed by atoms with E-state index in [4.69, 9.17) is 0 Å². The van der Waals surface area contributed by atoms with Crippen molar-refractivity contribution in [3.05, 3.63) is 83.1 Å². The maximum Gasteiger partial charge on any atom is 0.419 e. The lowest BCUT2D eigenvalue weighted by atomic mass is 10.1. The Labute approximate surface area is 354 Å². The number of piperidine rings is 1. The molecule has 2 N–H and O–H groups in total. The molecule has 2 aromatic heterocycles. The van der Waals surface area contributed by atoms with Gasteiger partial charge < -0.3 is 20.3 Å². The molecule has 0 bridgehead atoms. The van der Waals surface area contributed by atoms with E-state index in [9.17, 15) is 45.5 Å². The zero-order valence-electron chi connectivity index (χ0n) is 33.2. The molecule has 14 nitrogen and oxygen atoms in total. The standard InChI is InChI=1S/C40H41F7N10O4S/c1-48-34(59)6-5-27(22-58)57-36(60)29-16-32(41)33(17-30(29)37(57)61)54-13-11-53(12-14-54)20-24-3-2-4-28(15-24)62-56-9-7-26(8-10-56)51-38-49-19-31(40(45,46)47)35(52-38)25-18-50-55(21-25)23-39(42,43)44/h2-4,15-19,21-22,26-27H,5-14,20,23H2,1H3,(H,48,59)(H,49,51,52). The van der Waals surface area contributed by atoms with Crippen LogP contribution < -0.4 is 15.5 Å². The average molecular weight is 891 g/mol. The van der Waals surface area contributed by atoms with Crippen LogP contribution in [-0.4, -0.2) is 122 Å². The van der Waals surface area contributed by atoms with Crippen LogP contribution in [0.2, 0.25) is 0 Å². The number of amides is 3. The van der Waals surface area contributed by atoms with E-state index in [0.29, 0.717) is 75.8 Å².